The van der Waals surface area contributed by atoms with Gasteiger partial charge in [0.25, 0.3) is 0 Å². The Balaban J connectivity index is 2.59. The average molecular weight is 156 g/mol. The second kappa shape index (κ2) is 2.75. The monoisotopic (exact) mass is 156 g/mol. The summed E-state index contributed by atoms with van der Waals surface area (Å²) in [6, 6.07) is 0. The molecule has 1 aliphatic heterocycles. The number of hydrogen-bond donors (Lipinski definition) is 1. The van der Waals surface area contributed by atoms with E-state index in [-0.39, 0.29) is 11.2 Å². The van der Waals surface area contributed by atoms with Crippen LogP contribution in [0.2, 0.25) is 0 Å². The van der Waals surface area contributed by atoms with E-state index in [2.05, 4.69) is 6.58 Å². The summed E-state index contributed by atoms with van der Waals surface area (Å²) >= 11 is 0. The molecule has 0 spiro atoms. The van der Waals surface area contributed by atoms with Crippen LogP contribution < -0.4 is 0 Å². The van der Waals surface area contributed by atoms with E-state index in [9.17, 15) is 9.90 Å². The molecule has 0 aromatic carbocycles. The molecule has 0 aromatic heterocycles. The van der Waals surface area contributed by atoms with Gasteiger partial charge in [-0.3, -0.25) is 4.79 Å². The van der Waals surface area contributed by atoms with Crippen LogP contribution in [0.25, 0.3) is 0 Å². The van der Waals surface area contributed by atoms with Crippen molar-refractivity contribution in [2.45, 2.75) is 13.0 Å². The van der Waals surface area contributed by atoms with Crippen molar-refractivity contribution < 1.29 is 14.6 Å². The van der Waals surface area contributed by atoms with Crippen LogP contribution in [0.5, 0.6) is 0 Å². The summed E-state index contributed by atoms with van der Waals surface area (Å²) in [5.41, 5.74) is -0.384. The van der Waals surface area contributed by atoms with Crippen LogP contribution in [0.4, 0.5) is 0 Å². The minimum Gasteiger partial charge on any atom is -0.384 e. The number of ketones is 1. The molecule has 1 unspecified atom stereocenters. The minimum atomic E-state index is -0.950. The van der Waals surface area contributed by atoms with Crippen molar-refractivity contribution in [1.82, 2.24) is 0 Å². The fourth-order valence-corrected chi connectivity index (χ4v) is 1.04. The van der Waals surface area contributed by atoms with Gasteiger partial charge in [0.2, 0.25) is 0 Å². The van der Waals surface area contributed by atoms with Gasteiger partial charge < -0.3 is 9.84 Å². The van der Waals surface area contributed by atoms with Gasteiger partial charge in [-0.2, -0.15) is 0 Å². The third-order valence-electron chi connectivity index (χ3n) is 1.99. The Morgan fingerprint density at radius 2 is 2.36 bits per heavy atom. The lowest BCUT2D eigenvalue weighted by Gasteiger charge is -2.40. The maximum atomic E-state index is 10.9. The number of rotatable bonds is 3. The Morgan fingerprint density at radius 1 is 1.82 bits per heavy atom. The molecule has 1 aliphatic rings. The molecular weight excluding hydrogens is 144 g/mol. The minimum absolute atomic E-state index is 0.323. The van der Waals surface area contributed by atoms with E-state index < -0.39 is 6.10 Å². The van der Waals surface area contributed by atoms with Crippen molar-refractivity contribution in [3.8, 4) is 0 Å². The van der Waals surface area contributed by atoms with Gasteiger partial charge in [-0.15, -0.1) is 0 Å². The highest BCUT2D eigenvalue weighted by Crippen LogP contribution is 2.31. The number of aliphatic hydroxyl groups is 1. The number of ether oxygens (including phenoxy) is 1. The van der Waals surface area contributed by atoms with E-state index in [1.54, 1.807) is 0 Å². The van der Waals surface area contributed by atoms with Crippen molar-refractivity contribution in [3.05, 3.63) is 12.7 Å². The van der Waals surface area contributed by atoms with Crippen LogP contribution in [0.1, 0.15) is 6.92 Å². The van der Waals surface area contributed by atoms with Crippen LogP contribution in [0.15, 0.2) is 12.7 Å². The van der Waals surface area contributed by atoms with Gasteiger partial charge in [0.05, 0.1) is 13.2 Å². The molecule has 0 amide bonds. The summed E-state index contributed by atoms with van der Waals surface area (Å²) in [5.74, 6) is -0.323. The smallest absolute Gasteiger partial charge is 0.184 e. The molecule has 0 bridgehead atoms. The van der Waals surface area contributed by atoms with Gasteiger partial charge in [-0.05, 0) is 6.08 Å². The Labute approximate surface area is 65.7 Å². The topological polar surface area (TPSA) is 46.5 Å². The molecule has 1 heterocycles. The molecule has 0 aromatic rings. The molecule has 0 radical (unpaired) electrons. The Kier molecular flexibility index (Phi) is 2.11. The largest absolute Gasteiger partial charge is 0.384 e. The first-order chi connectivity index (χ1) is 5.10. The number of carbonyl (C=O) groups excluding carboxylic acids is 1. The highest BCUT2D eigenvalue weighted by molar-refractivity contribution is 5.93. The number of aliphatic hydroxyl groups excluding tert-OH is 1. The summed E-state index contributed by atoms with van der Waals surface area (Å²) in [6.07, 6.45) is 0.197. The van der Waals surface area contributed by atoms with Crippen molar-refractivity contribution in [2.75, 3.05) is 13.2 Å². The van der Waals surface area contributed by atoms with Crippen molar-refractivity contribution in [1.29, 1.82) is 0 Å². The van der Waals surface area contributed by atoms with Gasteiger partial charge in [-0.1, -0.05) is 13.5 Å². The lowest BCUT2D eigenvalue weighted by molar-refractivity contribution is -0.169. The quantitative estimate of drug-likeness (QED) is 0.591. The lowest BCUT2D eigenvalue weighted by Crippen LogP contribution is -2.51. The van der Waals surface area contributed by atoms with Gasteiger partial charge in [0.1, 0.15) is 6.10 Å². The second-order valence-corrected chi connectivity index (χ2v) is 3.16. The summed E-state index contributed by atoms with van der Waals surface area (Å²) in [5, 5.41) is 9.40. The molecule has 3 nitrogen and oxygen atoms in total. The van der Waals surface area contributed by atoms with E-state index >= 15 is 0 Å². The van der Waals surface area contributed by atoms with Crippen molar-refractivity contribution in [3.63, 3.8) is 0 Å². The average Bonchev–Trinajstić information content (AvgIpc) is 1.97. The molecule has 1 fully saturated rings. The van der Waals surface area contributed by atoms with Crippen molar-refractivity contribution >= 4 is 5.78 Å². The van der Waals surface area contributed by atoms with E-state index in [1.165, 1.54) is 0 Å². The summed E-state index contributed by atoms with van der Waals surface area (Å²) in [6.45, 7) is 6.03. The second-order valence-electron chi connectivity index (χ2n) is 3.16. The Morgan fingerprint density at radius 3 is 2.64 bits per heavy atom. The predicted molar refractivity (Wildman–Crippen MR) is 40.1 cm³/mol. The number of carbonyl (C=O) groups is 1. The predicted octanol–water partition coefficient (Wildman–Crippen LogP) is 0.139. The van der Waals surface area contributed by atoms with Crippen LogP contribution in [-0.2, 0) is 9.53 Å². The molecule has 11 heavy (non-hydrogen) atoms. The molecule has 3 heteroatoms. The van der Waals surface area contributed by atoms with Crippen LogP contribution in [-0.4, -0.2) is 30.2 Å². The lowest BCUT2D eigenvalue weighted by atomic mass is 9.80. The third kappa shape index (κ3) is 1.34. The normalized spacial score (nSPS) is 23.5. The summed E-state index contributed by atoms with van der Waals surface area (Å²) in [4.78, 5) is 10.9. The first kappa shape index (κ1) is 8.43. The summed E-state index contributed by atoms with van der Waals surface area (Å²) < 4.78 is 4.91. The highest BCUT2D eigenvalue weighted by atomic mass is 16.5. The van der Waals surface area contributed by atoms with Crippen LogP contribution >= 0.6 is 0 Å². The fourth-order valence-electron chi connectivity index (χ4n) is 1.04. The van der Waals surface area contributed by atoms with Crippen LogP contribution in [0, 0.1) is 5.41 Å². The zero-order valence-electron chi connectivity index (χ0n) is 6.54. The molecule has 0 saturated carbocycles. The molecule has 1 atom stereocenters. The van der Waals surface area contributed by atoms with Gasteiger partial charge >= 0.3 is 0 Å². The standard InChI is InChI=1S/C8H12O3/c1-3-6(9)7(10)8(2)4-11-5-8/h3,7,10H,1,4-5H2,2H3. The summed E-state index contributed by atoms with van der Waals surface area (Å²) in [7, 11) is 0. The number of hydrogen-bond acceptors (Lipinski definition) is 3. The van der Waals surface area contributed by atoms with Crippen molar-refractivity contribution in [2.24, 2.45) is 5.41 Å². The molecule has 1 rings (SSSR count). The first-order valence-electron chi connectivity index (χ1n) is 3.52. The SMILES string of the molecule is C=CC(=O)C(O)C1(C)COC1. The molecule has 1 saturated heterocycles. The fraction of sp³-hybridized carbons (Fsp3) is 0.625. The first-order valence-corrected chi connectivity index (χ1v) is 3.52. The zero-order valence-corrected chi connectivity index (χ0v) is 6.54. The van der Waals surface area contributed by atoms with Gasteiger partial charge in [0.15, 0.2) is 5.78 Å². The zero-order chi connectivity index (χ0) is 8.48. The molecular formula is C8H12O3. The molecule has 1 N–H and O–H groups in total. The Hall–Kier alpha value is -0.670. The molecule has 62 valence electrons. The van der Waals surface area contributed by atoms with Gasteiger partial charge in [-0.25, -0.2) is 0 Å². The Bertz CT molecular complexity index is 182. The van der Waals surface area contributed by atoms with E-state index in [4.69, 9.17) is 4.74 Å². The molecule has 0 aliphatic carbocycles. The van der Waals surface area contributed by atoms with E-state index in [1.807, 2.05) is 6.92 Å². The third-order valence-corrected chi connectivity index (χ3v) is 1.99. The van der Waals surface area contributed by atoms with Gasteiger partial charge in [0, 0.05) is 5.41 Å². The highest BCUT2D eigenvalue weighted by Gasteiger charge is 2.43. The van der Waals surface area contributed by atoms with E-state index in [0.717, 1.165) is 6.08 Å². The maximum absolute atomic E-state index is 10.9. The van der Waals surface area contributed by atoms with E-state index in [0.29, 0.717) is 13.2 Å². The maximum Gasteiger partial charge on any atom is 0.184 e. The van der Waals surface area contributed by atoms with Crippen LogP contribution in [0.3, 0.4) is 0 Å².